The molecule has 1 N–H and O–H groups in total. The number of sulfonamides is 1. The van der Waals surface area contributed by atoms with E-state index >= 15 is 0 Å². The predicted octanol–water partition coefficient (Wildman–Crippen LogP) is 4.09. The Morgan fingerprint density at radius 3 is 2.45 bits per heavy atom. The minimum atomic E-state index is -3.63. The molecule has 0 aromatic heterocycles. The van der Waals surface area contributed by atoms with Gasteiger partial charge in [-0.15, -0.1) is 0 Å². The van der Waals surface area contributed by atoms with E-state index < -0.39 is 10.0 Å². The average molecular weight is 437 g/mol. The number of methoxy groups -OCH3 is 1. The summed E-state index contributed by atoms with van der Waals surface area (Å²) in [6, 6.07) is 11.6. The lowest BCUT2D eigenvalue weighted by Gasteiger charge is -2.21. The van der Waals surface area contributed by atoms with Gasteiger partial charge in [0.05, 0.1) is 24.1 Å². The molecule has 2 aromatic rings. The summed E-state index contributed by atoms with van der Waals surface area (Å²) >= 11 is 6.12. The fourth-order valence-corrected chi connectivity index (χ4v) is 5.13. The summed E-state index contributed by atoms with van der Waals surface area (Å²) in [6.07, 6.45) is 3.87. The zero-order chi connectivity index (χ0) is 20.9. The van der Waals surface area contributed by atoms with Gasteiger partial charge < -0.3 is 10.1 Å². The standard InChI is InChI=1S/C21H25ClN2O4S/c1-28-20-11-10-17(29(26,27)24-12-6-2-3-7-13-24)15-19(20)23-21(25)14-16-8-4-5-9-18(16)22/h4-5,8-11,15H,2-3,6-7,12-14H2,1H3,(H,23,25). The van der Waals surface area contributed by atoms with Crippen LogP contribution in [0.15, 0.2) is 47.4 Å². The van der Waals surface area contributed by atoms with Gasteiger partial charge in [0.25, 0.3) is 0 Å². The monoisotopic (exact) mass is 436 g/mol. The van der Waals surface area contributed by atoms with Crippen molar-refractivity contribution in [3.8, 4) is 5.75 Å². The molecule has 1 heterocycles. The number of amides is 1. The number of hydrogen-bond acceptors (Lipinski definition) is 4. The van der Waals surface area contributed by atoms with Crippen molar-refractivity contribution < 1.29 is 17.9 Å². The highest BCUT2D eigenvalue weighted by atomic mass is 35.5. The Morgan fingerprint density at radius 2 is 1.79 bits per heavy atom. The first-order chi connectivity index (χ1) is 13.9. The lowest BCUT2D eigenvalue weighted by Crippen LogP contribution is -2.32. The van der Waals surface area contributed by atoms with Crippen LogP contribution in [0.5, 0.6) is 5.75 Å². The Labute approximate surface area is 176 Å². The van der Waals surface area contributed by atoms with Crippen LogP contribution < -0.4 is 10.1 Å². The molecule has 6 nitrogen and oxygen atoms in total. The van der Waals surface area contributed by atoms with Gasteiger partial charge in [-0.05, 0) is 42.7 Å². The molecule has 0 unspecified atom stereocenters. The Hall–Kier alpha value is -2.09. The minimum absolute atomic E-state index is 0.0753. The summed E-state index contributed by atoms with van der Waals surface area (Å²) in [4.78, 5) is 12.7. The third kappa shape index (κ3) is 5.29. The van der Waals surface area contributed by atoms with Gasteiger partial charge >= 0.3 is 0 Å². The number of halogens is 1. The summed E-state index contributed by atoms with van der Waals surface area (Å²) in [5, 5.41) is 3.27. The van der Waals surface area contributed by atoms with Crippen molar-refractivity contribution >= 4 is 33.2 Å². The number of carbonyl (C=O) groups excluding carboxylic acids is 1. The van der Waals surface area contributed by atoms with E-state index in [2.05, 4.69) is 5.32 Å². The summed E-state index contributed by atoms with van der Waals surface area (Å²) in [6.45, 7) is 1.03. The van der Waals surface area contributed by atoms with Gasteiger partial charge in [0.15, 0.2) is 0 Å². The lowest BCUT2D eigenvalue weighted by molar-refractivity contribution is -0.115. The second-order valence-electron chi connectivity index (χ2n) is 7.00. The fourth-order valence-electron chi connectivity index (χ4n) is 3.39. The molecule has 8 heteroatoms. The molecule has 1 amide bonds. The molecule has 156 valence electrons. The van der Waals surface area contributed by atoms with E-state index in [-0.39, 0.29) is 17.2 Å². The van der Waals surface area contributed by atoms with Crippen LogP contribution in [0.3, 0.4) is 0 Å². The van der Waals surface area contributed by atoms with E-state index in [0.717, 1.165) is 25.7 Å². The van der Waals surface area contributed by atoms with Crippen LogP contribution in [0.1, 0.15) is 31.2 Å². The summed E-state index contributed by atoms with van der Waals surface area (Å²) in [5.74, 6) is 0.0908. The quantitative estimate of drug-likeness (QED) is 0.739. The van der Waals surface area contributed by atoms with Crippen LogP contribution >= 0.6 is 11.6 Å². The first-order valence-electron chi connectivity index (χ1n) is 9.63. The normalized spacial score (nSPS) is 15.5. The molecule has 0 saturated carbocycles. The number of anilines is 1. The number of nitrogens with one attached hydrogen (secondary N) is 1. The summed E-state index contributed by atoms with van der Waals surface area (Å²) < 4.78 is 33.0. The first-order valence-corrected chi connectivity index (χ1v) is 11.4. The van der Waals surface area contributed by atoms with Crippen LogP contribution in [0, 0.1) is 0 Å². The van der Waals surface area contributed by atoms with Crippen molar-refractivity contribution in [3.63, 3.8) is 0 Å². The third-order valence-corrected chi connectivity index (χ3v) is 7.22. The molecule has 1 fully saturated rings. The van der Waals surface area contributed by atoms with E-state index in [1.807, 2.05) is 6.07 Å². The van der Waals surface area contributed by atoms with Crippen LogP contribution in [-0.2, 0) is 21.2 Å². The molecule has 3 rings (SSSR count). The Balaban J connectivity index is 1.83. The van der Waals surface area contributed by atoms with Crippen LogP contribution in [-0.4, -0.2) is 38.8 Å². The molecule has 1 aliphatic heterocycles. The Morgan fingerprint density at radius 1 is 1.10 bits per heavy atom. The molecule has 2 aromatic carbocycles. The number of hydrogen-bond donors (Lipinski definition) is 1. The van der Waals surface area contributed by atoms with Gasteiger partial charge in [0.1, 0.15) is 5.75 Å². The van der Waals surface area contributed by atoms with Crippen molar-refractivity contribution in [2.45, 2.75) is 37.0 Å². The van der Waals surface area contributed by atoms with E-state index in [1.165, 1.54) is 23.5 Å². The molecule has 0 bridgehead atoms. The zero-order valence-electron chi connectivity index (χ0n) is 16.4. The largest absolute Gasteiger partial charge is 0.495 e. The number of ether oxygens (including phenoxy) is 1. The highest BCUT2D eigenvalue weighted by Gasteiger charge is 2.26. The zero-order valence-corrected chi connectivity index (χ0v) is 17.9. The molecule has 0 radical (unpaired) electrons. The molecule has 0 spiro atoms. The van der Waals surface area contributed by atoms with Gasteiger partial charge in [0, 0.05) is 18.1 Å². The number of carbonyl (C=O) groups is 1. The highest BCUT2D eigenvalue weighted by molar-refractivity contribution is 7.89. The van der Waals surface area contributed by atoms with Gasteiger partial charge in [-0.3, -0.25) is 4.79 Å². The van der Waals surface area contributed by atoms with Gasteiger partial charge in [-0.1, -0.05) is 42.6 Å². The number of nitrogens with zero attached hydrogens (tertiary/aromatic N) is 1. The van der Waals surface area contributed by atoms with Crippen molar-refractivity contribution in [1.82, 2.24) is 4.31 Å². The van der Waals surface area contributed by atoms with E-state index in [9.17, 15) is 13.2 Å². The highest BCUT2D eigenvalue weighted by Crippen LogP contribution is 2.30. The van der Waals surface area contributed by atoms with Gasteiger partial charge in [0.2, 0.25) is 15.9 Å². The maximum Gasteiger partial charge on any atom is 0.243 e. The second kappa shape index (κ2) is 9.61. The first kappa shape index (κ1) is 21.6. The topological polar surface area (TPSA) is 75.7 Å². The fraction of sp³-hybridized carbons (Fsp3) is 0.381. The van der Waals surface area contributed by atoms with Crippen LogP contribution in [0.2, 0.25) is 5.02 Å². The molecular formula is C21H25ClN2O4S. The van der Waals surface area contributed by atoms with Crippen molar-refractivity contribution in [3.05, 3.63) is 53.1 Å². The predicted molar refractivity (Wildman–Crippen MR) is 114 cm³/mol. The smallest absolute Gasteiger partial charge is 0.243 e. The van der Waals surface area contributed by atoms with Crippen LogP contribution in [0.4, 0.5) is 5.69 Å². The molecule has 1 aliphatic rings. The number of rotatable bonds is 6. The molecular weight excluding hydrogens is 412 g/mol. The maximum absolute atomic E-state index is 13.1. The Kier molecular flexibility index (Phi) is 7.16. The molecule has 0 atom stereocenters. The average Bonchev–Trinajstić information content (AvgIpc) is 3.00. The van der Waals surface area contributed by atoms with Crippen molar-refractivity contribution in [2.75, 3.05) is 25.5 Å². The number of benzene rings is 2. The SMILES string of the molecule is COc1ccc(S(=O)(=O)N2CCCCCC2)cc1NC(=O)Cc1ccccc1Cl. The summed E-state index contributed by atoms with van der Waals surface area (Å²) in [5.41, 5.74) is 1.01. The van der Waals surface area contributed by atoms with Crippen LogP contribution in [0.25, 0.3) is 0 Å². The Bertz CT molecular complexity index is 970. The third-order valence-electron chi connectivity index (χ3n) is 4.96. The van der Waals surface area contributed by atoms with E-state index in [4.69, 9.17) is 16.3 Å². The van der Waals surface area contributed by atoms with Crippen molar-refractivity contribution in [1.29, 1.82) is 0 Å². The van der Waals surface area contributed by atoms with E-state index in [0.29, 0.717) is 35.1 Å². The lowest BCUT2D eigenvalue weighted by atomic mass is 10.1. The minimum Gasteiger partial charge on any atom is -0.495 e. The maximum atomic E-state index is 13.1. The second-order valence-corrected chi connectivity index (χ2v) is 9.34. The summed E-state index contributed by atoms with van der Waals surface area (Å²) in [7, 11) is -2.15. The van der Waals surface area contributed by atoms with E-state index in [1.54, 1.807) is 24.3 Å². The van der Waals surface area contributed by atoms with Crippen molar-refractivity contribution in [2.24, 2.45) is 0 Å². The molecule has 1 saturated heterocycles. The molecule has 29 heavy (non-hydrogen) atoms. The van der Waals surface area contributed by atoms with Gasteiger partial charge in [-0.25, -0.2) is 8.42 Å². The molecule has 0 aliphatic carbocycles. The van der Waals surface area contributed by atoms with Gasteiger partial charge in [-0.2, -0.15) is 4.31 Å².